The average Bonchev–Trinajstić information content (AvgIpc) is 2.68. The molecule has 1 heterocycles. The van der Waals surface area contributed by atoms with Gasteiger partial charge in [0.1, 0.15) is 23.3 Å². The Bertz CT molecular complexity index is 623. The molecule has 1 aliphatic heterocycles. The molecule has 10 heteroatoms. The van der Waals surface area contributed by atoms with Gasteiger partial charge in [-0.3, -0.25) is 9.69 Å². The minimum atomic E-state index is -0.884. The Hall–Kier alpha value is -1.91. The zero-order chi connectivity index (χ0) is 25.1. The lowest BCUT2D eigenvalue weighted by Crippen LogP contribution is -2.54. The summed E-state index contributed by atoms with van der Waals surface area (Å²) >= 11 is 0. The summed E-state index contributed by atoms with van der Waals surface area (Å²) in [6.07, 6.45) is 1.02. The maximum absolute atomic E-state index is 13.1. The van der Waals surface area contributed by atoms with Gasteiger partial charge in [0.2, 0.25) is 5.91 Å². The van der Waals surface area contributed by atoms with E-state index in [0.29, 0.717) is 45.4 Å². The highest BCUT2D eigenvalue weighted by Crippen LogP contribution is 2.13. The van der Waals surface area contributed by atoms with Gasteiger partial charge < -0.3 is 30.0 Å². The summed E-state index contributed by atoms with van der Waals surface area (Å²) in [6.45, 7) is 13.8. The van der Waals surface area contributed by atoms with Gasteiger partial charge in [0, 0.05) is 26.2 Å². The molecule has 192 valence electrons. The van der Waals surface area contributed by atoms with Crippen molar-refractivity contribution in [3.63, 3.8) is 0 Å². The Morgan fingerprint density at radius 3 is 2.06 bits per heavy atom. The van der Waals surface area contributed by atoms with Crippen molar-refractivity contribution in [1.29, 1.82) is 0 Å². The van der Waals surface area contributed by atoms with E-state index in [9.17, 15) is 14.4 Å². The standard InChI is InChI=1S/C23H43N3O7/c1-22(2,3)32-20(29)18(9-7-8-14-27)24-19(28)17(25-21(30)33-23(4,5)6)10-11-26-12-15-31-16-13-26/h17-18,27H,7-16H2,1-6H3,(H,24,28)(H,25,30)/t17-,18?/m0/s1. The molecule has 1 rings (SSSR count). The number of carbonyl (C=O) groups excluding carboxylic acids is 3. The normalized spacial score (nSPS) is 17.1. The van der Waals surface area contributed by atoms with E-state index >= 15 is 0 Å². The molecular weight excluding hydrogens is 430 g/mol. The van der Waals surface area contributed by atoms with Crippen molar-refractivity contribution in [3.8, 4) is 0 Å². The van der Waals surface area contributed by atoms with Crippen LogP contribution >= 0.6 is 0 Å². The second kappa shape index (κ2) is 13.7. The second-order valence-corrected chi connectivity index (χ2v) is 10.3. The number of aliphatic hydroxyl groups is 1. The third-order valence-corrected chi connectivity index (χ3v) is 4.75. The number of hydrogen-bond donors (Lipinski definition) is 3. The molecule has 0 radical (unpaired) electrons. The predicted octanol–water partition coefficient (Wildman–Crippen LogP) is 1.59. The fourth-order valence-electron chi connectivity index (χ4n) is 3.21. The molecule has 0 saturated carbocycles. The number of amides is 2. The van der Waals surface area contributed by atoms with Crippen molar-refractivity contribution in [1.82, 2.24) is 15.5 Å². The first-order valence-electron chi connectivity index (χ1n) is 11.7. The van der Waals surface area contributed by atoms with Crippen molar-refractivity contribution in [2.24, 2.45) is 0 Å². The van der Waals surface area contributed by atoms with E-state index in [1.807, 2.05) is 0 Å². The van der Waals surface area contributed by atoms with Crippen LogP contribution in [0, 0.1) is 0 Å². The van der Waals surface area contributed by atoms with E-state index in [0.717, 1.165) is 13.1 Å². The van der Waals surface area contributed by atoms with Gasteiger partial charge in [-0.25, -0.2) is 9.59 Å². The van der Waals surface area contributed by atoms with Crippen LogP contribution in [0.15, 0.2) is 0 Å². The van der Waals surface area contributed by atoms with E-state index in [-0.39, 0.29) is 6.61 Å². The Morgan fingerprint density at radius 1 is 0.909 bits per heavy atom. The zero-order valence-corrected chi connectivity index (χ0v) is 21.1. The van der Waals surface area contributed by atoms with Crippen molar-refractivity contribution in [3.05, 3.63) is 0 Å². The third-order valence-electron chi connectivity index (χ3n) is 4.75. The molecule has 1 saturated heterocycles. The number of hydrogen-bond acceptors (Lipinski definition) is 8. The van der Waals surface area contributed by atoms with Gasteiger partial charge >= 0.3 is 12.1 Å². The van der Waals surface area contributed by atoms with Crippen LogP contribution in [0.5, 0.6) is 0 Å². The van der Waals surface area contributed by atoms with Gasteiger partial charge in [-0.15, -0.1) is 0 Å². The fourth-order valence-corrected chi connectivity index (χ4v) is 3.21. The number of aliphatic hydroxyl groups excluding tert-OH is 1. The van der Waals surface area contributed by atoms with E-state index in [1.54, 1.807) is 41.5 Å². The van der Waals surface area contributed by atoms with Crippen LogP contribution in [-0.4, -0.2) is 90.7 Å². The number of esters is 1. The smallest absolute Gasteiger partial charge is 0.408 e. The van der Waals surface area contributed by atoms with Crippen LogP contribution < -0.4 is 10.6 Å². The molecule has 0 aromatic rings. The van der Waals surface area contributed by atoms with Crippen LogP contribution in [0.3, 0.4) is 0 Å². The summed E-state index contributed by atoms with van der Waals surface area (Å²) in [6, 6.07) is -1.76. The van der Waals surface area contributed by atoms with E-state index < -0.39 is 41.3 Å². The highest BCUT2D eigenvalue weighted by atomic mass is 16.6. The number of alkyl carbamates (subject to hydrolysis) is 1. The summed E-state index contributed by atoms with van der Waals surface area (Å²) in [5, 5.41) is 14.5. The molecule has 10 nitrogen and oxygen atoms in total. The topological polar surface area (TPSA) is 126 Å². The lowest BCUT2D eigenvalue weighted by Gasteiger charge is -2.30. The molecule has 33 heavy (non-hydrogen) atoms. The first kappa shape index (κ1) is 29.1. The van der Waals surface area contributed by atoms with Gasteiger partial charge in [0.25, 0.3) is 0 Å². The zero-order valence-electron chi connectivity index (χ0n) is 21.1. The van der Waals surface area contributed by atoms with Gasteiger partial charge in [-0.05, 0) is 67.2 Å². The van der Waals surface area contributed by atoms with E-state index in [2.05, 4.69) is 15.5 Å². The average molecular weight is 474 g/mol. The Kier molecular flexibility index (Phi) is 12.1. The quantitative estimate of drug-likeness (QED) is 0.305. The Balaban J connectivity index is 2.89. The number of morpholine rings is 1. The first-order valence-corrected chi connectivity index (χ1v) is 11.7. The summed E-state index contributed by atoms with van der Waals surface area (Å²) in [4.78, 5) is 40.4. The van der Waals surface area contributed by atoms with Crippen LogP contribution in [0.25, 0.3) is 0 Å². The molecule has 2 atom stereocenters. The van der Waals surface area contributed by atoms with Gasteiger partial charge in [-0.2, -0.15) is 0 Å². The van der Waals surface area contributed by atoms with Crippen LogP contribution in [0.4, 0.5) is 4.79 Å². The summed E-state index contributed by atoms with van der Waals surface area (Å²) in [7, 11) is 0. The Morgan fingerprint density at radius 2 is 1.52 bits per heavy atom. The number of nitrogens with zero attached hydrogens (tertiary/aromatic N) is 1. The molecule has 0 aromatic carbocycles. The SMILES string of the molecule is CC(C)(C)OC(=O)N[C@@H](CCN1CCOCC1)C(=O)NC(CCCCO)C(=O)OC(C)(C)C. The van der Waals surface area contributed by atoms with E-state index in [4.69, 9.17) is 19.3 Å². The van der Waals surface area contributed by atoms with Crippen LogP contribution in [-0.2, 0) is 23.8 Å². The van der Waals surface area contributed by atoms with Crippen molar-refractivity contribution >= 4 is 18.0 Å². The van der Waals surface area contributed by atoms with Gasteiger partial charge in [0.15, 0.2) is 0 Å². The third kappa shape index (κ3) is 13.4. The highest BCUT2D eigenvalue weighted by molar-refractivity contribution is 5.89. The Labute approximate surface area is 197 Å². The lowest BCUT2D eigenvalue weighted by molar-refractivity contribution is -0.159. The van der Waals surface area contributed by atoms with Gasteiger partial charge in [-0.1, -0.05) is 0 Å². The molecular formula is C23H43N3O7. The van der Waals surface area contributed by atoms with Crippen molar-refractivity contribution < 1.29 is 33.7 Å². The molecule has 1 unspecified atom stereocenters. The molecule has 0 aromatic heterocycles. The van der Waals surface area contributed by atoms with Gasteiger partial charge in [0.05, 0.1) is 13.2 Å². The molecule has 1 fully saturated rings. The molecule has 3 N–H and O–H groups in total. The minimum Gasteiger partial charge on any atom is -0.458 e. The number of nitrogens with one attached hydrogen (secondary N) is 2. The van der Waals surface area contributed by atoms with E-state index in [1.165, 1.54) is 0 Å². The van der Waals surface area contributed by atoms with Crippen molar-refractivity contribution in [2.45, 2.75) is 90.5 Å². The summed E-state index contributed by atoms with van der Waals surface area (Å²) < 4.78 is 16.1. The largest absolute Gasteiger partial charge is 0.458 e. The molecule has 2 amide bonds. The number of carbonyl (C=O) groups is 3. The fraction of sp³-hybridized carbons (Fsp3) is 0.870. The van der Waals surface area contributed by atoms with Crippen LogP contribution in [0.2, 0.25) is 0 Å². The monoisotopic (exact) mass is 473 g/mol. The molecule has 0 aliphatic carbocycles. The second-order valence-electron chi connectivity index (χ2n) is 10.3. The summed E-state index contributed by atoms with van der Waals surface area (Å²) in [5.74, 6) is -1.02. The molecule has 0 spiro atoms. The maximum atomic E-state index is 13.1. The summed E-state index contributed by atoms with van der Waals surface area (Å²) in [5.41, 5.74) is -1.42. The number of rotatable bonds is 11. The maximum Gasteiger partial charge on any atom is 0.408 e. The number of unbranched alkanes of at least 4 members (excludes halogenated alkanes) is 1. The lowest BCUT2D eigenvalue weighted by atomic mass is 10.1. The first-order chi connectivity index (χ1) is 15.3. The molecule has 0 bridgehead atoms. The predicted molar refractivity (Wildman–Crippen MR) is 124 cm³/mol. The minimum absolute atomic E-state index is 0.00262. The molecule has 1 aliphatic rings. The number of ether oxygens (including phenoxy) is 3. The van der Waals surface area contributed by atoms with Crippen LogP contribution in [0.1, 0.15) is 67.2 Å². The highest BCUT2D eigenvalue weighted by Gasteiger charge is 2.31. The van der Waals surface area contributed by atoms with Crippen molar-refractivity contribution in [2.75, 3.05) is 39.5 Å².